The molecule has 0 atom stereocenters. The number of ketones is 1. The van der Waals surface area contributed by atoms with Gasteiger partial charge in [0.1, 0.15) is 5.75 Å². The number of rotatable bonds is 6. The molecule has 0 saturated heterocycles. The highest BCUT2D eigenvalue weighted by Crippen LogP contribution is 2.14. The summed E-state index contributed by atoms with van der Waals surface area (Å²) >= 11 is 0. The predicted octanol–water partition coefficient (Wildman–Crippen LogP) is 4.24. The van der Waals surface area contributed by atoms with Gasteiger partial charge in [-0.3, -0.25) is 4.79 Å². The number of benzene rings is 2. The molecule has 0 radical (unpaired) electrons. The van der Waals surface area contributed by atoms with Crippen LogP contribution in [0.1, 0.15) is 34.8 Å². The lowest BCUT2D eigenvalue weighted by Crippen LogP contribution is -1.95. The molecule has 110 valence electrons. The molecular formula is C19H17NO2. The van der Waals surface area contributed by atoms with Gasteiger partial charge in [0, 0.05) is 5.56 Å². The number of nitriles is 1. The number of carbonyl (C=O) groups is 1. The van der Waals surface area contributed by atoms with Crippen LogP contribution >= 0.6 is 0 Å². The molecule has 0 aliphatic rings. The fraction of sp³-hybridized carbons (Fsp3) is 0.158. The average molecular weight is 291 g/mol. The third kappa shape index (κ3) is 4.32. The van der Waals surface area contributed by atoms with Gasteiger partial charge >= 0.3 is 0 Å². The van der Waals surface area contributed by atoms with Gasteiger partial charge in [-0.1, -0.05) is 25.1 Å². The zero-order chi connectivity index (χ0) is 15.8. The Morgan fingerprint density at radius 3 is 2.41 bits per heavy atom. The molecule has 0 heterocycles. The molecule has 0 amide bonds. The van der Waals surface area contributed by atoms with Crippen LogP contribution in [0.25, 0.3) is 6.08 Å². The van der Waals surface area contributed by atoms with Crippen LogP contribution < -0.4 is 4.74 Å². The minimum Gasteiger partial charge on any atom is -0.494 e. The third-order valence-electron chi connectivity index (χ3n) is 3.08. The van der Waals surface area contributed by atoms with E-state index in [9.17, 15) is 4.79 Å². The number of hydrogen-bond acceptors (Lipinski definition) is 3. The summed E-state index contributed by atoms with van der Waals surface area (Å²) in [5.74, 6) is 0.744. The predicted molar refractivity (Wildman–Crippen MR) is 86.7 cm³/mol. The van der Waals surface area contributed by atoms with Crippen LogP contribution in [0.3, 0.4) is 0 Å². The summed E-state index contributed by atoms with van der Waals surface area (Å²) in [5.41, 5.74) is 2.05. The first-order valence-electron chi connectivity index (χ1n) is 7.18. The largest absolute Gasteiger partial charge is 0.494 e. The average Bonchev–Trinajstić information content (AvgIpc) is 2.58. The van der Waals surface area contributed by atoms with Crippen molar-refractivity contribution in [2.24, 2.45) is 0 Å². The van der Waals surface area contributed by atoms with Gasteiger partial charge in [-0.2, -0.15) is 5.26 Å². The lowest BCUT2D eigenvalue weighted by molar-refractivity contribution is 0.104. The van der Waals surface area contributed by atoms with Crippen LogP contribution in [0.2, 0.25) is 0 Å². The monoisotopic (exact) mass is 291 g/mol. The molecule has 0 unspecified atom stereocenters. The van der Waals surface area contributed by atoms with E-state index in [1.54, 1.807) is 30.3 Å². The maximum absolute atomic E-state index is 12.0. The number of hydrogen-bond donors (Lipinski definition) is 0. The van der Waals surface area contributed by atoms with Gasteiger partial charge in [-0.05, 0) is 54.5 Å². The SMILES string of the molecule is CCCOc1ccc(/C=C/C(=O)c2ccc(C#N)cc2)cc1. The smallest absolute Gasteiger partial charge is 0.185 e. The molecule has 0 aliphatic carbocycles. The standard InChI is InChI=1S/C19H17NO2/c1-2-13-22-18-10-5-15(6-11-18)7-12-19(21)17-8-3-16(14-20)4-9-17/h3-12H,2,13H2,1H3/b12-7+. The summed E-state index contributed by atoms with van der Waals surface area (Å²) in [7, 11) is 0. The Hall–Kier alpha value is -2.86. The third-order valence-corrected chi connectivity index (χ3v) is 3.08. The highest BCUT2D eigenvalue weighted by Gasteiger charge is 2.01. The molecule has 0 spiro atoms. The molecule has 0 bridgehead atoms. The van der Waals surface area contributed by atoms with Crippen molar-refractivity contribution in [1.82, 2.24) is 0 Å². The molecule has 2 aromatic rings. The maximum atomic E-state index is 12.0. The van der Waals surface area contributed by atoms with E-state index in [4.69, 9.17) is 10.00 Å². The molecule has 3 heteroatoms. The Kier molecular flexibility index (Phi) is 5.50. The van der Waals surface area contributed by atoms with E-state index in [0.29, 0.717) is 17.7 Å². The molecule has 0 aromatic heterocycles. The fourth-order valence-corrected chi connectivity index (χ4v) is 1.87. The molecule has 0 aliphatic heterocycles. The molecular weight excluding hydrogens is 274 g/mol. The second-order valence-electron chi connectivity index (χ2n) is 4.80. The minimum absolute atomic E-state index is 0.0872. The lowest BCUT2D eigenvalue weighted by atomic mass is 10.1. The van der Waals surface area contributed by atoms with E-state index < -0.39 is 0 Å². The summed E-state index contributed by atoms with van der Waals surface area (Å²) in [6.07, 6.45) is 4.27. The van der Waals surface area contributed by atoms with Crippen molar-refractivity contribution in [2.75, 3.05) is 6.61 Å². The summed E-state index contributed by atoms with van der Waals surface area (Å²) in [5, 5.41) is 8.74. The highest BCUT2D eigenvalue weighted by atomic mass is 16.5. The van der Waals surface area contributed by atoms with E-state index in [1.807, 2.05) is 30.3 Å². The number of ether oxygens (including phenoxy) is 1. The molecule has 2 aromatic carbocycles. The second-order valence-corrected chi connectivity index (χ2v) is 4.80. The van der Waals surface area contributed by atoms with Crippen LogP contribution in [0, 0.1) is 11.3 Å². The van der Waals surface area contributed by atoms with Crippen molar-refractivity contribution in [2.45, 2.75) is 13.3 Å². The van der Waals surface area contributed by atoms with Gasteiger partial charge in [-0.25, -0.2) is 0 Å². The fourth-order valence-electron chi connectivity index (χ4n) is 1.87. The normalized spacial score (nSPS) is 10.4. The van der Waals surface area contributed by atoms with E-state index in [2.05, 4.69) is 6.92 Å². The van der Waals surface area contributed by atoms with Gasteiger partial charge < -0.3 is 4.74 Å². The Balaban J connectivity index is 2.01. The van der Waals surface area contributed by atoms with Crippen LogP contribution in [-0.4, -0.2) is 12.4 Å². The number of allylic oxidation sites excluding steroid dienone is 1. The Bertz CT molecular complexity index is 692. The van der Waals surface area contributed by atoms with Crippen molar-refractivity contribution in [3.63, 3.8) is 0 Å². The Morgan fingerprint density at radius 1 is 1.14 bits per heavy atom. The van der Waals surface area contributed by atoms with Crippen molar-refractivity contribution in [3.05, 3.63) is 71.3 Å². The Morgan fingerprint density at radius 2 is 1.82 bits per heavy atom. The minimum atomic E-state index is -0.0872. The maximum Gasteiger partial charge on any atom is 0.185 e. The zero-order valence-corrected chi connectivity index (χ0v) is 12.5. The first-order valence-corrected chi connectivity index (χ1v) is 7.18. The summed E-state index contributed by atoms with van der Waals surface area (Å²) in [6, 6.07) is 16.2. The van der Waals surface area contributed by atoms with Gasteiger partial charge in [0.25, 0.3) is 0 Å². The van der Waals surface area contributed by atoms with Crippen molar-refractivity contribution in [1.29, 1.82) is 5.26 Å². The molecule has 0 fully saturated rings. The number of nitrogens with zero attached hydrogens (tertiary/aromatic N) is 1. The molecule has 3 nitrogen and oxygen atoms in total. The zero-order valence-electron chi connectivity index (χ0n) is 12.5. The molecule has 0 N–H and O–H groups in total. The van der Waals surface area contributed by atoms with Crippen LogP contribution in [0.15, 0.2) is 54.6 Å². The van der Waals surface area contributed by atoms with Gasteiger partial charge in [0.05, 0.1) is 18.2 Å². The topological polar surface area (TPSA) is 50.1 Å². The van der Waals surface area contributed by atoms with Gasteiger partial charge in [0.2, 0.25) is 0 Å². The van der Waals surface area contributed by atoms with E-state index in [1.165, 1.54) is 6.08 Å². The first-order chi connectivity index (χ1) is 10.7. The first kappa shape index (κ1) is 15.5. The summed E-state index contributed by atoms with van der Waals surface area (Å²) < 4.78 is 5.51. The van der Waals surface area contributed by atoms with Crippen LogP contribution in [-0.2, 0) is 0 Å². The molecule has 0 saturated carbocycles. The molecule has 2 rings (SSSR count). The van der Waals surface area contributed by atoms with Crippen LogP contribution in [0.4, 0.5) is 0 Å². The quantitative estimate of drug-likeness (QED) is 0.590. The molecule has 22 heavy (non-hydrogen) atoms. The van der Waals surface area contributed by atoms with Crippen molar-refractivity contribution < 1.29 is 9.53 Å². The Labute approximate surface area is 130 Å². The van der Waals surface area contributed by atoms with Crippen molar-refractivity contribution >= 4 is 11.9 Å². The van der Waals surface area contributed by atoms with Gasteiger partial charge in [0.15, 0.2) is 5.78 Å². The number of carbonyl (C=O) groups excluding carboxylic acids is 1. The second kappa shape index (κ2) is 7.80. The van der Waals surface area contributed by atoms with Crippen LogP contribution in [0.5, 0.6) is 5.75 Å². The highest BCUT2D eigenvalue weighted by molar-refractivity contribution is 6.06. The summed E-state index contributed by atoms with van der Waals surface area (Å²) in [6.45, 7) is 2.76. The lowest BCUT2D eigenvalue weighted by Gasteiger charge is -2.03. The van der Waals surface area contributed by atoms with E-state index in [-0.39, 0.29) is 5.78 Å². The van der Waals surface area contributed by atoms with Gasteiger partial charge in [-0.15, -0.1) is 0 Å². The van der Waals surface area contributed by atoms with Crippen molar-refractivity contribution in [3.8, 4) is 11.8 Å². The van der Waals surface area contributed by atoms with E-state index >= 15 is 0 Å². The van der Waals surface area contributed by atoms with E-state index in [0.717, 1.165) is 17.7 Å². The summed E-state index contributed by atoms with van der Waals surface area (Å²) in [4.78, 5) is 12.0.